The highest BCUT2D eigenvalue weighted by molar-refractivity contribution is 8.00. The molecule has 0 atom stereocenters. The van der Waals surface area contributed by atoms with Crippen molar-refractivity contribution in [1.82, 2.24) is 10.9 Å². The Morgan fingerprint density at radius 3 is 2.15 bits per heavy atom. The van der Waals surface area contributed by atoms with Gasteiger partial charge in [0.25, 0.3) is 0 Å². The van der Waals surface area contributed by atoms with E-state index in [9.17, 15) is 14.0 Å². The first-order valence-electron chi connectivity index (χ1n) is 8.18. The second kappa shape index (κ2) is 9.43. The summed E-state index contributed by atoms with van der Waals surface area (Å²) in [6.45, 7) is 0. The Morgan fingerprint density at radius 1 is 0.778 bits per heavy atom. The molecule has 7 heteroatoms. The number of hydrogen-bond acceptors (Lipinski definition) is 4. The fourth-order valence-corrected chi connectivity index (χ4v) is 3.81. The van der Waals surface area contributed by atoms with Crippen molar-refractivity contribution in [3.63, 3.8) is 0 Å². The molecule has 0 fully saturated rings. The summed E-state index contributed by atoms with van der Waals surface area (Å²) in [7, 11) is 0. The second-order valence-electron chi connectivity index (χ2n) is 5.61. The number of halogens is 1. The molecule has 0 heterocycles. The van der Waals surface area contributed by atoms with Gasteiger partial charge in [0.2, 0.25) is 11.8 Å². The number of hydrogen-bond donors (Lipinski definition) is 2. The van der Waals surface area contributed by atoms with Crippen LogP contribution in [0.25, 0.3) is 10.8 Å². The lowest BCUT2D eigenvalue weighted by molar-refractivity contribution is -0.126. The fourth-order valence-electron chi connectivity index (χ4n) is 2.32. The minimum atomic E-state index is -0.396. The van der Waals surface area contributed by atoms with E-state index in [1.54, 1.807) is 18.2 Å². The second-order valence-corrected chi connectivity index (χ2v) is 7.68. The first kappa shape index (κ1) is 19.3. The van der Waals surface area contributed by atoms with Gasteiger partial charge in [0.15, 0.2) is 0 Å². The van der Waals surface area contributed by atoms with Gasteiger partial charge in [-0.05, 0) is 35.0 Å². The predicted molar refractivity (Wildman–Crippen MR) is 108 cm³/mol. The monoisotopic (exact) mass is 400 g/mol. The molecular formula is C20H17FN2O2S2. The number of fused-ring (bicyclic) bond motifs is 1. The van der Waals surface area contributed by atoms with Crippen LogP contribution in [0.15, 0.2) is 76.5 Å². The lowest BCUT2D eigenvalue weighted by Crippen LogP contribution is -2.43. The van der Waals surface area contributed by atoms with E-state index < -0.39 is 5.91 Å². The lowest BCUT2D eigenvalue weighted by Gasteiger charge is -2.08. The Morgan fingerprint density at radius 2 is 1.41 bits per heavy atom. The smallest absolute Gasteiger partial charge is 0.248 e. The van der Waals surface area contributed by atoms with Crippen molar-refractivity contribution in [2.24, 2.45) is 0 Å². The molecule has 0 unspecified atom stereocenters. The molecule has 0 saturated carbocycles. The van der Waals surface area contributed by atoms with Crippen molar-refractivity contribution < 1.29 is 14.0 Å². The molecule has 2 N–H and O–H groups in total. The van der Waals surface area contributed by atoms with Crippen LogP contribution in [-0.2, 0) is 9.59 Å². The highest BCUT2D eigenvalue weighted by Gasteiger charge is 2.08. The van der Waals surface area contributed by atoms with Crippen molar-refractivity contribution in [2.75, 3.05) is 11.5 Å². The van der Waals surface area contributed by atoms with E-state index in [1.165, 1.54) is 17.8 Å². The Hall–Kier alpha value is -2.51. The van der Waals surface area contributed by atoms with Gasteiger partial charge in [-0.2, -0.15) is 0 Å². The standard InChI is InChI=1S/C20H17FN2O2S2/c21-17-7-3-4-8-18(17)27-13-20(25)23-22-19(24)12-26-16-10-9-14-5-1-2-6-15(14)11-16/h1-11H,12-13H2,(H,22,24)(H,23,25). The summed E-state index contributed by atoms with van der Waals surface area (Å²) >= 11 is 2.46. The third-order valence-electron chi connectivity index (χ3n) is 3.63. The molecule has 2 amide bonds. The number of rotatable bonds is 6. The summed E-state index contributed by atoms with van der Waals surface area (Å²) in [6, 6.07) is 20.2. The Kier molecular flexibility index (Phi) is 6.73. The van der Waals surface area contributed by atoms with E-state index in [2.05, 4.69) is 10.9 Å². The van der Waals surface area contributed by atoms with E-state index in [4.69, 9.17) is 0 Å². The zero-order chi connectivity index (χ0) is 19.1. The fraction of sp³-hybridized carbons (Fsp3) is 0.100. The maximum Gasteiger partial charge on any atom is 0.248 e. The summed E-state index contributed by atoms with van der Waals surface area (Å²) in [5.41, 5.74) is 4.72. The summed E-state index contributed by atoms with van der Waals surface area (Å²) in [5.74, 6) is -0.881. The van der Waals surface area contributed by atoms with Gasteiger partial charge in [-0.3, -0.25) is 20.4 Å². The van der Waals surface area contributed by atoms with Crippen LogP contribution in [0.2, 0.25) is 0 Å². The van der Waals surface area contributed by atoms with Crippen LogP contribution < -0.4 is 10.9 Å². The van der Waals surface area contributed by atoms with Crippen molar-refractivity contribution in [1.29, 1.82) is 0 Å². The van der Waals surface area contributed by atoms with Crippen LogP contribution in [0.3, 0.4) is 0 Å². The molecule has 138 valence electrons. The molecule has 0 spiro atoms. The highest BCUT2D eigenvalue weighted by Crippen LogP contribution is 2.23. The van der Waals surface area contributed by atoms with Crippen LogP contribution in [0.4, 0.5) is 4.39 Å². The van der Waals surface area contributed by atoms with E-state index >= 15 is 0 Å². The van der Waals surface area contributed by atoms with Gasteiger partial charge in [-0.1, -0.05) is 42.5 Å². The van der Waals surface area contributed by atoms with Gasteiger partial charge in [0, 0.05) is 9.79 Å². The maximum atomic E-state index is 13.5. The number of amides is 2. The van der Waals surface area contributed by atoms with Gasteiger partial charge in [0.05, 0.1) is 11.5 Å². The van der Waals surface area contributed by atoms with Gasteiger partial charge >= 0.3 is 0 Å². The van der Waals surface area contributed by atoms with Crippen LogP contribution in [0.1, 0.15) is 0 Å². The lowest BCUT2D eigenvalue weighted by atomic mass is 10.1. The molecule has 27 heavy (non-hydrogen) atoms. The molecule has 0 aromatic heterocycles. The van der Waals surface area contributed by atoms with Crippen LogP contribution >= 0.6 is 23.5 Å². The van der Waals surface area contributed by atoms with Crippen molar-refractivity contribution in [3.05, 3.63) is 72.5 Å². The zero-order valence-corrected chi connectivity index (χ0v) is 15.9. The minimum absolute atomic E-state index is 0.0129. The molecule has 0 saturated heterocycles. The number of thioether (sulfide) groups is 2. The molecule has 4 nitrogen and oxygen atoms in total. The summed E-state index contributed by atoms with van der Waals surface area (Å²) in [5, 5.41) is 2.26. The molecule has 0 bridgehead atoms. The van der Waals surface area contributed by atoms with Gasteiger partial charge < -0.3 is 0 Å². The molecule has 3 aromatic carbocycles. The third kappa shape index (κ3) is 5.74. The molecule has 0 aliphatic heterocycles. The first-order chi connectivity index (χ1) is 13.1. The highest BCUT2D eigenvalue weighted by atomic mass is 32.2. The van der Waals surface area contributed by atoms with Gasteiger partial charge in [-0.15, -0.1) is 23.5 Å². The SMILES string of the molecule is O=C(CSc1ccc2ccccc2c1)NNC(=O)CSc1ccccc1F. The quantitative estimate of drug-likeness (QED) is 0.485. The predicted octanol–water partition coefficient (Wildman–Crippen LogP) is 4.01. The van der Waals surface area contributed by atoms with E-state index in [1.807, 2.05) is 42.5 Å². The Bertz CT molecular complexity index is 965. The average Bonchev–Trinajstić information content (AvgIpc) is 2.70. The van der Waals surface area contributed by atoms with E-state index in [0.29, 0.717) is 4.90 Å². The number of carbonyl (C=O) groups excluding carboxylic acids is 2. The summed E-state index contributed by atoms with van der Waals surface area (Å²) in [6.07, 6.45) is 0. The molecule has 0 aliphatic rings. The van der Waals surface area contributed by atoms with E-state index in [0.717, 1.165) is 27.4 Å². The third-order valence-corrected chi connectivity index (χ3v) is 5.67. The summed E-state index contributed by atoms with van der Waals surface area (Å²) in [4.78, 5) is 25.0. The number of carbonyl (C=O) groups is 2. The number of hydrazine groups is 1. The molecule has 3 rings (SSSR count). The van der Waals surface area contributed by atoms with Crippen molar-refractivity contribution in [3.8, 4) is 0 Å². The van der Waals surface area contributed by atoms with Crippen LogP contribution in [-0.4, -0.2) is 23.3 Å². The average molecular weight is 401 g/mol. The topological polar surface area (TPSA) is 58.2 Å². The number of benzene rings is 3. The van der Waals surface area contributed by atoms with Crippen molar-refractivity contribution >= 4 is 46.1 Å². The Balaban J connectivity index is 1.41. The van der Waals surface area contributed by atoms with Gasteiger partial charge in [0.1, 0.15) is 5.82 Å². The van der Waals surface area contributed by atoms with Crippen LogP contribution in [0, 0.1) is 5.82 Å². The minimum Gasteiger partial charge on any atom is -0.272 e. The molecule has 0 aliphatic carbocycles. The number of nitrogens with one attached hydrogen (secondary N) is 2. The van der Waals surface area contributed by atoms with Crippen molar-refractivity contribution in [2.45, 2.75) is 9.79 Å². The molecule has 0 radical (unpaired) electrons. The summed E-state index contributed by atoms with van der Waals surface area (Å²) < 4.78 is 13.5. The van der Waals surface area contributed by atoms with Crippen LogP contribution in [0.5, 0.6) is 0 Å². The zero-order valence-electron chi connectivity index (χ0n) is 14.3. The first-order valence-corrected chi connectivity index (χ1v) is 10.2. The van der Waals surface area contributed by atoms with E-state index in [-0.39, 0.29) is 23.2 Å². The molecule has 3 aromatic rings. The maximum absolute atomic E-state index is 13.5. The normalized spacial score (nSPS) is 10.6. The largest absolute Gasteiger partial charge is 0.272 e. The van der Waals surface area contributed by atoms with Gasteiger partial charge in [-0.25, -0.2) is 4.39 Å². The Labute approximate surface area is 164 Å². The molecular weight excluding hydrogens is 383 g/mol.